The van der Waals surface area contributed by atoms with Crippen molar-refractivity contribution in [1.82, 2.24) is 4.90 Å². The highest BCUT2D eigenvalue weighted by Gasteiger charge is 2.32. The third-order valence-electron chi connectivity index (χ3n) is 3.95. The van der Waals surface area contributed by atoms with Gasteiger partial charge in [-0.25, -0.2) is 0 Å². The van der Waals surface area contributed by atoms with E-state index in [0.29, 0.717) is 0 Å². The zero-order valence-electron chi connectivity index (χ0n) is 11.6. The third-order valence-corrected chi connectivity index (χ3v) is 4.44. The molecule has 1 aliphatic heterocycles. The van der Waals surface area contributed by atoms with Crippen LogP contribution >= 0.6 is 15.9 Å². The minimum atomic E-state index is -0.314. The summed E-state index contributed by atoms with van der Waals surface area (Å²) >= 11 is 3.30. The van der Waals surface area contributed by atoms with Gasteiger partial charge in [0.05, 0.1) is 11.0 Å². The number of nitro benzene ring substituents is 1. The molecule has 0 bridgehead atoms. The molecule has 1 saturated heterocycles. The molecule has 0 aliphatic carbocycles. The SMILES string of the molecule is CCN1CCCCC(N)C1c1ccc(Br)cc1[N+](=O)[O-]. The molecule has 2 rings (SSSR count). The summed E-state index contributed by atoms with van der Waals surface area (Å²) in [7, 11) is 0. The standard InChI is InChI=1S/C14H20BrN3O2/c1-2-17-8-4-3-5-12(16)14(17)11-7-6-10(15)9-13(11)18(19)20/h6-7,9,12,14H,2-5,8,16H2,1H3. The Bertz CT molecular complexity index is 495. The van der Waals surface area contributed by atoms with Crippen molar-refractivity contribution in [2.24, 2.45) is 5.73 Å². The highest BCUT2D eigenvalue weighted by molar-refractivity contribution is 9.10. The Morgan fingerprint density at radius 1 is 1.50 bits per heavy atom. The molecule has 0 aromatic heterocycles. The van der Waals surface area contributed by atoms with Crippen molar-refractivity contribution in [2.75, 3.05) is 13.1 Å². The van der Waals surface area contributed by atoms with Gasteiger partial charge in [-0.1, -0.05) is 29.3 Å². The Balaban J connectivity index is 2.47. The second-order valence-electron chi connectivity index (χ2n) is 5.19. The summed E-state index contributed by atoms with van der Waals surface area (Å²) < 4.78 is 0.721. The van der Waals surface area contributed by atoms with Gasteiger partial charge in [-0.15, -0.1) is 0 Å². The quantitative estimate of drug-likeness (QED) is 0.676. The predicted octanol–water partition coefficient (Wildman–Crippen LogP) is 3.23. The van der Waals surface area contributed by atoms with Crippen LogP contribution in [0.3, 0.4) is 0 Å². The van der Waals surface area contributed by atoms with Crippen LogP contribution in [0.1, 0.15) is 37.8 Å². The van der Waals surface area contributed by atoms with E-state index in [1.165, 1.54) is 0 Å². The average Bonchev–Trinajstić information content (AvgIpc) is 2.60. The zero-order chi connectivity index (χ0) is 14.7. The Kier molecular flexibility index (Phi) is 5.12. The number of rotatable bonds is 3. The number of hydrogen-bond donors (Lipinski definition) is 1. The molecule has 2 N–H and O–H groups in total. The van der Waals surface area contributed by atoms with E-state index in [1.807, 2.05) is 12.1 Å². The van der Waals surface area contributed by atoms with Gasteiger partial charge < -0.3 is 5.73 Å². The fourth-order valence-electron chi connectivity index (χ4n) is 2.97. The number of likely N-dealkylation sites (tertiary alicyclic amines) is 1. The second-order valence-corrected chi connectivity index (χ2v) is 6.11. The number of halogens is 1. The van der Waals surface area contributed by atoms with E-state index >= 15 is 0 Å². The lowest BCUT2D eigenvalue weighted by molar-refractivity contribution is -0.386. The van der Waals surface area contributed by atoms with E-state index in [2.05, 4.69) is 27.8 Å². The molecule has 1 aliphatic rings. The molecule has 1 aromatic rings. The number of nitrogens with two attached hydrogens (primary N) is 1. The van der Waals surface area contributed by atoms with Gasteiger partial charge in [0.2, 0.25) is 0 Å². The van der Waals surface area contributed by atoms with E-state index in [4.69, 9.17) is 5.73 Å². The molecular weight excluding hydrogens is 322 g/mol. The maximum absolute atomic E-state index is 11.3. The molecule has 1 aromatic carbocycles. The predicted molar refractivity (Wildman–Crippen MR) is 82.6 cm³/mol. The molecular formula is C14H20BrN3O2. The van der Waals surface area contributed by atoms with E-state index < -0.39 is 0 Å². The summed E-state index contributed by atoms with van der Waals surface area (Å²) in [6.07, 6.45) is 3.09. The third kappa shape index (κ3) is 3.19. The Hall–Kier alpha value is -0.980. The maximum atomic E-state index is 11.3. The fraction of sp³-hybridized carbons (Fsp3) is 0.571. The Morgan fingerprint density at radius 2 is 2.25 bits per heavy atom. The minimum Gasteiger partial charge on any atom is -0.326 e. The van der Waals surface area contributed by atoms with Gasteiger partial charge >= 0.3 is 0 Å². The molecule has 1 fully saturated rings. The number of benzene rings is 1. The number of likely N-dealkylation sites (N-methyl/N-ethyl adjacent to an activating group) is 1. The van der Waals surface area contributed by atoms with Crippen molar-refractivity contribution >= 4 is 21.6 Å². The number of hydrogen-bond acceptors (Lipinski definition) is 4. The Morgan fingerprint density at radius 3 is 2.90 bits per heavy atom. The van der Waals surface area contributed by atoms with Gasteiger partial charge in [0.1, 0.15) is 0 Å². The minimum absolute atomic E-state index is 0.0580. The number of nitro groups is 1. The van der Waals surface area contributed by atoms with Gasteiger partial charge in [0, 0.05) is 22.1 Å². The lowest BCUT2D eigenvalue weighted by atomic mass is 9.95. The van der Waals surface area contributed by atoms with Gasteiger partial charge in [-0.2, -0.15) is 0 Å². The van der Waals surface area contributed by atoms with Crippen LogP contribution in [-0.4, -0.2) is 29.0 Å². The van der Waals surface area contributed by atoms with E-state index in [-0.39, 0.29) is 22.7 Å². The van der Waals surface area contributed by atoms with Crippen LogP contribution < -0.4 is 5.73 Å². The van der Waals surface area contributed by atoms with Crippen molar-refractivity contribution in [3.05, 3.63) is 38.3 Å². The molecule has 0 radical (unpaired) electrons. The van der Waals surface area contributed by atoms with Gasteiger partial charge in [0.25, 0.3) is 5.69 Å². The summed E-state index contributed by atoms with van der Waals surface area (Å²) in [5.74, 6) is 0. The molecule has 0 spiro atoms. The Labute approximate surface area is 127 Å². The van der Waals surface area contributed by atoms with Crippen molar-refractivity contribution in [3.63, 3.8) is 0 Å². The van der Waals surface area contributed by atoms with Gasteiger partial charge in [-0.05, 0) is 38.1 Å². The van der Waals surface area contributed by atoms with Crippen molar-refractivity contribution in [1.29, 1.82) is 0 Å². The molecule has 6 heteroatoms. The molecule has 0 amide bonds. The van der Waals surface area contributed by atoms with Crippen LogP contribution in [0.25, 0.3) is 0 Å². The van der Waals surface area contributed by atoms with E-state index in [1.54, 1.807) is 6.07 Å². The molecule has 110 valence electrons. The lowest BCUT2D eigenvalue weighted by Crippen LogP contribution is -2.40. The molecule has 5 nitrogen and oxygen atoms in total. The molecule has 20 heavy (non-hydrogen) atoms. The first kappa shape index (κ1) is 15.4. The molecule has 2 atom stereocenters. The maximum Gasteiger partial charge on any atom is 0.275 e. The molecule has 1 heterocycles. The van der Waals surface area contributed by atoms with Crippen LogP contribution in [-0.2, 0) is 0 Å². The van der Waals surface area contributed by atoms with Crippen LogP contribution in [0.15, 0.2) is 22.7 Å². The smallest absolute Gasteiger partial charge is 0.275 e. The summed E-state index contributed by atoms with van der Waals surface area (Å²) in [5.41, 5.74) is 7.19. The highest BCUT2D eigenvalue weighted by atomic mass is 79.9. The fourth-order valence-corrected chi connectivity index (χ4v) is 3.32. The van der Waals surface area contributed by atoms with E-state index in [0.717, 1.165) is 42.4 Å². The van der Waals surface area contributed by atoms with Crippen molar-refractivity contribution in [3.8, 4) is 0 Å². The molecule has 0 saturated carbocycles. The summed E-state index contributed by atoms with van der Waals surface area (Å²) in [6.45, 7) is 3.88. The van der Waals surface area contributed by atoms with Crippen LogP contribution in [0, 0.1) is 10.1 Å². The monoisotopic (exact) mass is 341 g/mol. The van der Waals surface area contributed by atoms with Gasteiger partial charge in [0.15, 0.2) is 0 Å². The largest absolute Gasteiger partial charge is 0.326 e. The van der Waals surface area contributed by atoms with E-state index in [9.17, 15) is 10.1 Å². The summed E-state index contributed by atoms with van der Waals surface area (Å²) in [4.78, 5) is 13.3. The van der Waals surface area contributed by atoms with Crippen LogP contribution in [0.5, 0.6) is 0 Å². The summed E-state index contributed by atoms with van der Waals surface area (Å²) in [5, 5.41) is 11.3. The zero-order valence-corrected chi connectivity index (χ0v) is 13.2. The van der Waals surface area contributed by atoms with Crippen LogP contribution in [0.4, 0.5) is 5.69 Å². The topological polar surface area (TPSA) is 72.4 Å². The van der Waals surface area contributed by atoms with Crippen LogP contribution in [0.2, 0.25) is 0 Å². The second kappa shape index (κ2) is 6.65. The highest BCUT2D eigenvalue weighted by Crippen LogP contribution is 2.36. The first-order valence-electron chi connectivity index (χ1n) is 6.98. The first-order valence-corrected chi connectivity index (χ1v) is 7.77. The van der Waals surface area contributed by atoms with Gasteiger partial charge in [-0.3, -0.25) is 15.0 Å². The lowest BCUT2D eigenvalue weighted by Gasteiger charge is -2.32. The van der Waals surface area contributed by atoms with Crippen molar-refractivity contribution in [2.45, 2.75) is 38.3 Å². The number of nitrogens with zero attached hydrogens (tertiary/aromatic N) is 2. The summed E-state index contributed by atoms with van der Waals surface area (Å²) in [6, 6.07) is 5.13. The molecule has 2 unspecified atom stereocenters. The first-order chi connectivity index (χ1) is 9.54. The van der Waals surface area contributed by atoms with Crippen molar-refractivity contribution < 1.29 is 4.92 Å². The normalized spacial score (nSPS) is 24.4. The average molecular weight is 342 g/mol.